The number of fused-ring (bicyclic) bond motifs is 1. The molecule has 6 atom stereocenters. The Morgan fingerprint density at radius 3 is 2.48 bits per heavy atom. The van der Waals surface area contributed by atoms with E-state index in [9.17, 15) is 33.6 Å². The number of rotatable bonds is 9. The van der Waals surface area contributed by atoms with Gasteiger partial charge in [-0.15, -0.1) is 0 Å². The Bertz CT molecular complexity index is 1230. The number of hydrogen-bond acceptors (Lipinski definition) is 14. The van der Waals surface area contributed by atoms with Gasteiger partial charge >= 0.3 is 23.5 Å². The number of ether oxygens (including phenoxy) is 1. The fourth-order valence-corrected chi connectivity index (χ4v) is 6.14. The first-order valence-corrected chi connectivity index (χ1v) is 13.0. The van der Waals surface area contributed by atoms with Gasteiger partial charge in [0.05, 0.1) is 12.9 Å². The minimum atomic E-state index is -5.62. The lowest BCUT2D eigenvalue weighted by atomic mass is 10.1. The topological polar surface area (TPSA) is 288 Å². The summed E-state index contributed by atoms with van der Waals surface area (Å²) < 4.78 is 58.0. The highest BCUT2D eigenvalue weighted by Gasteiger charge is 2.47. The van der Waals surface area contributed by atoms with Crippen LogP contribution in [-0.2, 0) is 36.1 Å². The van der Waals surface area contributed by atoms with Crippen LogP contribution in [0.15, 0.2) is 11.1 Å². The van der Waals surface area contributed by atoms with Crippen molar-refractivity contribution in [2.45, 2.75) is 24.5 Å². The number of nitrogens with one attached hydrogen (secondary N) is 1. The average molecular weight is 537 g/mol. The average Bonchev–Trinajstić information content (AvgIpc) is 3.20. The van der Waals surface area contributed by atoms with Crippen molar-refractivity contribution in [3.05, 3.63) is 16.7 Å². The molecule has 8 N–H and O–H groups in total. The maximum absolute atomic E-state index is 12.4. The van der Waals surface area contributed by atoms with Gasteiger partial charge in [0.1, 0.15) is 18.3 Å². The predicted octanol–water partition coefficient (Wildman–Crippen LogP) is -1.68. The van der Waals surface area contributed by atoms with E-state index in [1.54, 1.807) is 0 Å². The Morgan fingerprint density at radius 2 is 1.88 bits per heavy atom. The summed E-state index contributed by atoms with van der Waals surface area (Å²) in [6.45, 7) is -0.876. The zero-order chi connectivity index (χ0) is 24.8. The van der Waals surface area contributed by atoms with Crippen molar-refractivity contribution >= 4 is 40.6 Å². The van der Waals surface area contributed by atoms with Crippen LogP contribution < -0.4 is 11.3 Å². The van der Waals surface area contributed by atoms with Crippen molar-refractivity contribution in [2.24, 2.45) is 0 Å². The normalized spacial score (nSPS) is 27.5. The SMILES string of the molecule is COP(=O)(OC[C@H]1O[C@@H](n2cnc3c(=O)[nH]c(N)nc32)[C@@H](O)C1O)OP(=O)(O)OP(=O)(O)O. The number of nitrogen functional groups attached to an aromatic ring is 1. The quantitative estimate of drug-likeness (QED) is 0.176. The van der Waals surface area contributed by atoms with E-state index in [4.69, 9.17) is 24.8 Å². The van der Waals surface area contributed by atoms with E-state index in [0.29, 0.717) is 7.11 Å². The van der Waals surface area contributed by atoms with Gasteiger partial charge < -0.3 is 35.4 Å². The van der Waals surface area contributed by atoms with E-state index >= 15 is 0 Å². The third kappa shape index (κ3) is 5.93. The Morgan fingerprint density at radius 1 is 1.21 bits per heavy atom. The fraction of sp³-hybridized carbons (Fsp3) is 0.545. The van der Waals surface area contributed by atoms with Crippen molar-refractivity contribution in [3.63, 3.8) is 0 Å². The van der Waals surface area contributed by atoms with Gasteiger partial charge in [0.25, 0.3) is 5.56 Å². The number of hydrogen-bond donors (Lipinski definition) is 7. The lowest BCUT2D eigenvalue weighted by molar-refractivity contribution is -0.0508. The maximum atomic E-state index is 12.4. The van der Waals surface area contributed by atoms with Crippen LogP contribution in [0.25, 0.3) is 11.2 Å². The molecule has 1 fully saturated rings. The van der Waals surface area contributed by atoms with Crippen LogP contribution in [0.5, 0.6) is 0 Å². The van der Waals surface area contributed by atoms with Crippen LogP contribution in [0.1, 0.15) is 6.23 Å². The number of phosphoric acid groups is 3. The molecule has 22 heteroatoms. The Hall–Kier alpha value is -1.56. The van der Waals surface area contributed by atoms with E-state index in [0.717, 1.165) is 10.9 Å². The largest absolute Gasteiger partial charge is 0.490 e. The molecule has 186 valence electrons. The van der Waals surface area contributed by atoms with E-state index < -0.39 is 60.2 Å². The second-order valence-corrected chi connectivity index (χ2v) is 11.1. The monoisotopic (exact) mass is 537 g/mol. The summed E-state index contributed by atoms with van der Waals surface area (Å²) in [7, 11) is -15.4. The number of aliphatic hydroxyl groups is 2. The van der Waals surface area contributed by atoms with Crippen LogP contribution >= 0.6 is 23.5 Å². The summed E-state index contributed by atoms with van der Waals surface area (Å²) in [5, 5.41) is 20.6. The minimum Gasteiger partial charge on any atom is -0.387 e. The standard InChI is InChI=1S/C11H18N5O14P3/c1-26-33(25,30-32(23,24)29-31(20,21)22)27-2-4-6(17)7(18)10(28-4)16-3-13-5-8(16)14-11(12)15-9(5)19/h3-4,6-7,10,17-18H,2H2,1H3,(H,23,24)(H2,20,21,22)(H3,12,14,15,19)/t4-,6?,7+,10-,33?/m1/s1. The second kappa shape index (κ2) is 9.24. The molecule has 0 aliphatic carbocycles. The van der Waals surface area contributed by atoms with Gasteiger partial charge in [0, 0.05) is 7.11 Å². The first-order valence-electron chi connectivity index (χ1n) is 8.50. The molecular weight excluding hydrogens is 519 g/mol. The van der Waals surface area contributed by atoms with Crippen LogP contribution in [0.3, 0.4) is 0 Å². The number of H-pyrrole nitrogens is 1. The predicted molar refractivity (Wildman–Crippen MR) is 103 cm³/mol. The van der Waals surface area contributed by atoms with Crippen LogP contribution in [0, 0.1) is 0 Å². The molecule has 2 aromatic rings. The number of phosphoric ester groups is 1. The minimum absolute atomic E-state index is 0.0873. The molecule has 1 saturated heterocycles. The van der Waals surface area contributed by atoms with E-state index in [-0.39, 0.29) is 17.1 Å². The third-order valence-electron chi connectivity index (χ3n) is 4.10. The number of imidazole rings is 1. The van der Waals surface area contributed by atoms with Crippen molar-refractivity contribution in [1.82, 2.24) is 19.5 Å². The van der Waals surface area contributed by atoms with Crippen molar-refractivity contribution in [1.29, 1.82) is 0 Å². The number of nitrogens with zero attached hydrogens (tertiary/aromatic N) is 3. The van der Waals surface area contributed by atoms with E-state index in [1.807, 2.05) is 0 Å². The number of aromatic amines is 1. The molecule has 19 nitrogen and oxygen atoms in total. The molecule has 3 rings (SSSR count). The van der Waals surface area contributed by atoms with Crippen LogP contribution in [0.2, 0.25) is 0 Å². The van der Waals surface area contributed by atoms with Gasteiger partial charge in [-0.2, -0.15) is 13.6 Å². The molecule has 0 amide bonds. The van der Waals surface area contributed by atoms with Gasteiger partial charge in [-0.05, 0) is 0 Å². The third-order valence-corrected chi connectivity index (χ3v) is 8.31. The molecule has 3 unspecified atom stereocenters. The highest BCUT2D eigenvalue weighted by molar-refractivity contribution is 7.66. The van der Waals surface area contributed by atoms with Crippen LogP contribution in [-0.4, -0.2) is 76.4 Å². The van der Waals surface area contributed by atoms with Gasteiger partial charge in [-0.3, -0.25) is 23.4 Å². The van der Waals surface area contributed by atoms with Gasteiger partial charge in [0.15, 0.2) is 17.4 Å². The van der Waals surface area contributed by atoms with Crippen LogP contribution in [0.4, 0.5) is 5.95 Å². The molecule has 0 aromatic carbocycles. The summed E-state index contributed by atoms with van der Waals surface area (Å²) in [4.78, 5) is 48.4. The molecule has 0 radical (unpaired) electrons. The highest BCUT2D eigenvalue weighted by atomic mass is 31.3. The smallest absolute Gasteiger partial charge is 0.387 e. The molecule has 0 saturated carbocycles. The van der Waals surface area contributed by atoms with Gasteiger partial charge in [-0.25, -0.2) is 18.7 Å². The van der Waals surface area contributed by atoms with Crippen molar-refractivity contribution in [2.75, 3.05) is 19.5 Å². The lowest BCUT2D eigenvalue weighted by Gasteiger charge is -2.21. The number of anilines is 1. The Labute approximate surface area is 182 Å². The molecule has 1 aliphatic rings. The Balaban J connectivity index is 1.75. The number of aliphatic hydroxyl groups excluding tert-OH is 2. The molecule has 2 aromatic heterocycles. The zero-order valence-electron chi connectivity index (χ0n) is 16.3. The summed E-state index contributed by atoms with van der Waals surface area (Å²) in [5.74, 6) is -0.258. The summed E-state index contributed by atoms with van der Waals surface area (Å²) in [6.07, 6.45) is -5.08. The number of aromatic nitrogens is 4. The molecule has 33 heavy (non-hydrogen) atoms. The Kier molecular flexibility index (Phi) is 7.29. The summed E-state index contributed by atoms with van der Waals surface area (Å²) >= 11 is 0. The molecule has 0 spiro atoms. The summed E-state index contributed by atoms with van der Waals surface area (Å²) in [6, 6.07) is 0. The molecule has 0 bridgehead atoms. The fourth-order valence-electron chi connectivity index (χ4n) is 2.78. The first-order chi connectivity index (χ1) is 15.1. The van der Waals surface area contributed by atoms with E-state index in [2.05, 4.69) is 28.1 Å². The van der Waals surface area contributed by atoms with Gasteiger partial charge in [-0.1, -0.05) is 0 Å². The van der Waals surface area contributed by atoms with Crippen molar-refractivity contribution < 1.29 is 61.0 Å². The first kappa shape index (κ1) is 26.1. The van der Waals surface area contributed by atoms with Crippen molar-refractivity contribution in [3.8, 4) is 0 Å². The maximum Gasteiger partial charge on any atom is 0.490 e. The zero-order valence-corrected chi connectivity index (χ0v) is 18.9. The summed E-state index contributed by atoms with van der Waals surface area (Å²) in [5.41, 5.74) is 4.60. The lowest BCUT2D eigenvalue weighted by Crippen LogP contribution is -2.33. The highest BCUT2D eigenvalue weighted by Crippen LogP contribution is 2.68. The van der Waals surface area contributed by atoms with E-state index in [1.165, 1.54) is 0 Å². The molecular formula is C11H18N5O14P3. The second-order valence-electron chi connectivity index (χ2n) is 6.37. The number of nitrogens with two attached hydrogens (primary N) is 1. The van der Waals surface area contributed by atoms with Gasteiger partial charge in [0.2, 0.25) is 5.95 Å². The molecule has 3 heterocycles. The molecule has 1 aliphatic heterocycles.